The van der Waals surface area contributed by atoms with Gasteiger partial charge in [-0.2, -0.15) is 0 Å². The summed E-state index contributed by atoms with van der Waals surface area (Å²) in [6, 6.07) is 9.31. The van der Waals surface area contributed by atoms with Crippen molar-refractivity contribution in [1.29, 1.82) is 0 Å². The Morgan fingerprint density at radius 3 is 2.58 bits per heavy atom. The molecular weight excluding hydrogens is 258 g/mol. The van der Waals surface area contributed by atoms with Gasteiger partial charge in [0.1, 0.15) is 0 Å². The molecule has 0 aromatic heterocycles. The average Bonchev–Trinajstić information content (AvgIpc) is 2.35. The molecule has 2 unspecified atom stereocenters. The molecule has 1 aromatic rings. The fraction of sp³-hybridized carbons (Fsp3) is 0.625. The lowest BCUT2D eigenvalue weighted by Gasteiger charge is -2.40. The second kappa shape index (κ2) is 5.82. The Labute approximate surface area is 120 Å². The summed E-state index contributed by atoms with van der Waals surface area (Å²) in [5.41, 5.74) is 1.30. The van der Waals surface area contributed by atoms with Crippen LogP contribution in [0.3, 0.4) is 0 Å². The molecule has 19 heavy (non-hydrogen) atoms. The Kier molecular flexibility index (Phi) is 4.11. The van der Waals surface area contributed by atoms with Crippen molar-refractivity contribution in [2.24, 2.45) is 0 Å². The lowest BCUT2D eigenvalue weighted by atomic mass is 9.75. The smallest absolute Gasteiger partial charge is 0.0555 e. The number of halogens is 1. The fourth-order valence-electron chi connectivity index (χ4n) is 3.46. The highest BCUT2D eigenvalue weighted by Crippen LogP contribution is 2.40. The molecule has 1 aromatic carbocycles. The van der Waals surface area contributed by atoms with Gasteiger partial charge in [-0.05, 0) is 56.1 Å². The molecule has 3 heteroatoms. The van der Waals surface area contributed by atoms with Crippen molar-refractivity contribution in [2.75, 3.05) is 0 Å². The van der Waals surface area contributed by atoms with Gasteiger partial charge >= 0.3 is 0 Å². The summed E-state index contributed by atoms with van der Waals surface area (Å²) < 4.78 is 0. The zero-order valence-corrected chi connectivity index (χ0v) is 11.9. The third kappa shape index (κ3) is 3.13. The first-order valence-corrected chi connectivity index (χ1v) is 7.78. The first-order chi connectivity index (χ1) is 9.22. The van der Waals surface area contributed by atoms with Crippen LogP contribution < -0.4 is 5.32 Å². The first-order valence-electron chi connectivity index (χ1n) is 7.41. The van der Waals surface area contributed by atoms with Crippen molar-refractivity contribution in [1.82, 2.24) is 5.32 Å². The van der Waals surface area contributed by atoms with Crippen molar-refractivity contribution in [3.05, 3.63) is 34.9 Å². The molecule has 0 aliphatic heterocycles. The Hall–Kier alpha value is -0.570. The molecule has 2 fully saturated rings. The second-order valence-corrected chi connectivity index (χ2v) is 6.48. The summed E-state index contributed by atoms with van der Waals surface area (Å²) in [7, 11) is 0. The van der Waals surface area contributed by atoms with E-state index in [-0.39, 0.29) is 6.10 Å². The van der Waals surface area contributed by atoms with Crippen LogP contribution in [-0.2, 0) is 0 Å². The van der Waals surface area contributed by atoms with E-state index >= 15 is 0 Å². The second-order valence-electron chi connectivity index (χ2n) is 6.07. The minimum absolute atomic E-state index is 0.0920. The summed E-state index contributed by atoms with van der Waals surface area (Å²) in [6.45, 7) is 0. The van der Waals surface area contributed by atoms with Gasteiger partial charge in [-0.15, -0.1) is 0 Å². The molecule has 0 saturated heterocycles. The molecule has 2 nitrogen and oxygen atoms in total. The molecule has 0 bridgehead atoms. The highest BCUT2D eigenvalue weighted by atomic mass is 35.5. The maximum atomic E-state index is 9.69. The lowest BCUT2D eigenvalue weighted by molar-refractivity contribution is 0.102. The molecule has 0 radical (unpaired) electrons. The van der Waals surface area contributed by atoms with Crippen molar-refractivity contribution >= 4 is 11.6 Å². The van der Waals surface area contributed by atoms with Crippen LogP contribution in [0.25, 0.3) is 0 Å². The molecule has 0 amide bonds. The molecule has 104 valence electrons. The molecule has 2 N–H and O–H groups in total. The molecule has 2 saturated carbocycles. The number of hydrogen-bond donors (Lipinski definition) is 2. The highest BCUT2D eigenvalue weighted by molar-refractivity contribution is 6.31. The molecule has 2 aliphatic carbocycles. The normalized spacial score (nSPS) is 34.8. The number of hydrogen-bond acceptors (Lipinski definition) is 2. The predicted molar refractivity (Wildman–Crippen MR) is 78.6 cm³/mol. The third-order valence-electron chi connectivity index (χ3n) is 4.60. The van der Waals surface area contributed by atoms with Crippen LogP contribution in [0.2, 0.25) is 5.02 Å². The monoisotopic (exact) mass is 279 g/mol. The van der Waals surface area contributed by atoms with E-state index in [0.29, 0.717) is 18.0 Å². The largest absolute Gasteiger partial charge is 0.393 e. The third-order valence-corrected chi connectivity index (χ3v) is 4.95. The Balaban J connectivity index is 1.49. The number of rotatable bonds is 3. The van der Waals surface area contributed by atoms with Crippen LogP contribution in [0.1, 0.15) is 50.0 Å². The zero-order chi connectivity index (χ0) is 13.2. The van der Waals surface area contributed by atoms with Crippen LogP contribution in [0.5, 0.6) is 0 Å². The summed E-state index contributed by atoms with van der Waals surface area (Å²) in [4.78, 5) is 0. The van der Waals surface area contributed by atoms with Crippen LogP contribution in [0.15, 0.2) is 24.3 Å². The minimum atomic E-state index is -0.0920. The molecule has 0 spiro atoms. The first kappa shape index (κ1) is 13.4. The summed E-state index contributed by atoms with van der Waals surface area (Å²) in [5, 5.41) is 14.3. The number of aliphatic hydroxyl groups is 1. The number of benzene rings is 1. The maximum Gasteiger partial charge on any atom is 0.0555 e. The van der Waals surface area contributed by atoms with E-state index in [1.54, 1.807) is 0 Å². The molecule has 0 heterocycles. The zero-order valence-electron chi connectivity index (χ0n) is 11.2. The quantitative estimate of drug-likeness (QED) is 0.888. The molecule has 2 atom stereocenters. The summed E-state index contributed by atoms with van der Waals surface area (Å²) in [6.07, 6.45) is 6.53. The van der Waals surface area contributed by atoms with E-state index in [0.717, 1.165) is 24.3 Å². The van der Waals surface area contributed by atoms with Gasteiger partial charge in [0.2, 0.25) is 0 Å². The Morgan fingerprint density at radius 2 is 1.84 bits per heavy atom. The van der Waals surface area contributed by atoms with Crippen LogP contribution in [0, 0.1) is 0 Å². The SMILES string of the molecule is OC1CCCC(NC2CC(c3ccccc3Cl)C2)C1. The van der Waals surface area contributed by atoms with Gasteiger partial charge in [0.05, 0.1) is 6.10 Å². The minimum Gasteiger partial charge on any atom is -0.393 e. The average molecular weight is 280 g/mol. The summed E-state index contributed by atoms with van der Waals surface area (Å²) >= 11 is 6.24. The van der Waals surface area contributed by atoms with E-state index in [1.807, 2.05) is 12.1 Å². The lowest BCUT2D eigenvalue weighted by Crippen LogP contribution is -2.47. The summed E-state index contributed by atoms with van der Waals surface area (Å²) in [5.74, 6) is 0.611. The maximum absolute atomic E-state index is 9.69. The van der Waals surface area contributed by atoms with Crippen LogP contribution in [0.4, 0.5) is 0 Å². The van der Waals surface area contributed by atoms with E-state index in [2.05, 4.69) is 17.4 Å². The van der Waals surface area contributed by atoms with Gasteiger partial charge in [-0.1, -0.05) is 29.8 Å². The Morgan fingerprint density at radius 1 is 1.05 bits per heavy atom. The van der Waals surface area contributed by atoms with Crippen molar-refractivity contribution in [3.63, 3.8) is 0 Å². The van der Waals surface area contributed by atoms with Gasteiger partial charge in [-0.3, -0.25) is 0 Å². The van der Waals surface area contributed by atoms with Crippen molar-refractivity contribution in [3.8, 4) is 0 Å². The standard InChI is InChI=1S/C16H22ClNO/c17-16-7-2-1-6-15(16)11-8-13(9-11)18-12-4-3-5-14(19)10-12/h1-2,6-7,11-14,18-19H,3-5,8-10H2. The van der Waals surface area contributed by atoms with Gasteiger partial charge < -0.3 is 10.4 Å². The van der Waals surface area contributed by atoms with E-state index in [1.165, 1.54) is 24.8 Å². The fourth-order valence-corrected chi connectivity index (χ4v) is 3.75. The van der Waals surface area contributed by atoms with Crippen LogP contribution in [-0.4, -0.2) is 23.3 Å². The number of aliphatic hydroxyl groups excluding tert-OH is 1. The van der Waals surface area contributed by atoms with E-state index in [9.17, 15) is 5.11 Å². The predicted octanol–water partition coefficient (Wildman–Crippen LogP) is 3.48. The highest BCUT2D eigenvalue weighted by Gasteiger charge is 2.33. The number of nitrogens with one attached hydrogen (secondary N) is 1. The van der Waals surface area contributed by atoms with E-state index < -0.39 is 0 Å². The topological polar surface area (TPSA) is 32.3 Å². The van der Waals surface area contributed by atoms with Crippen LogP contribution >= 0.6 is 11.6 Å². The van der Waals surface area contributed by atoms with Crippen molar-refractivity contribution in [2.45, 2.75) is 62.6 Å². The van der Waals surface area contributed by atoms with Gasteiger partial charge in [0.25, 0.3) is 0 Å². The van der Waals surface area contributed by atoms with Crippen molar-refractivity contribution < 1.29 is 5.11 Å². The molecular formula is C16H22ClNO. The van der Waals surface area contributed by atoms with E-state index in [4.69, 9.17) is 11.6 Å². The van der Waals surface area contributed by atoms with Gasteiger partial charge in [0.15, 0.2) is 0 Å². The van der Waals surface area contributed by atoms with Gasteiger partial charge in [0, 0.05) is 17.1 Å². The van der Waals surface area contributed by atoms with Gasteiger partial charge in [-0.25, -0.2) is 0 Å². The molecule has 3 rings (SSSR count). The Bertz CT molecular complexity index is 431. The molecule has 2 aliphatic rings.